The van der Waals surface area contributed by atoms with E-state index in [1.807, 2.05) is 6.92 Å². The first-order valence-electron chi connectivity index (χ1n) is 5.39. The summed E-state index contributed by atoms with van der Waals surface area (Å²) in [6.07, 6.45) is 1.68. The molecule has 0 aliphatic heterocycles. The molecule has 1 unspecified atom stereocenters. The van der Waals surface area contributed by atoms with Crippen molar-refractivity contribution in [3.63, 3.8) is 0 Å². The van der Waals surface area contributed by atoms with E-state index in [-0.39, 0.29) is 18.2 Å². The van der Waals surface area contributed by atoms with Crippen molar-refractivity contribution in [1.82, 2.24) is 0 Å². The summed E-state index contributed by atoms with van der Waals surface area (Å²) in [6, 6.07) is 1.70. The minimum absolute atomic E-state index is 0.114. The van der Waals surface area contributed by atoms with E-state index >= 15 is 0 Å². The largest absolute Gasteiger partial charge is 0.480 e. The molecular weight excluding hydrogens is 216 g/mol. The molecule has 0 bridgehead atoms. The van der Waals surface area contributed by atoms with Crippen LogP contribution in [0.4, 0.5) is 0 Å². The first kappa shape index (κ1) is 13.1. The molecule has 0 spiro atoms. The van der Waals surface area contributed by atoms with Gasteiger partial charge in [-0.2, -0.15) is 0 Å². The molecule has 0 saturated carbocycles. The normalized spacial score (nSPS) is 11.2. The van der Waals surface area contributed by atoms with Crippen molar-refractivity contribution in [2.45, 2.75) is 26.7 Å². The molecule has 0 aliphatic rings. The fourth-order valence-electron chi connectivity index (χ4n) is 1.43. The molecule has 1 aromatic rings. The summed E-state index contributed by atoms with van der Waals surface area (Å²) < 4.78 is 10.5. The zero-order valence-corrected chi connectivity index (χ0v) is 10.4. The van der Waals surface area contributed by atoms with Crippen molar-refractivity contribution in [2.75, 3.05) is 6.61 Å². The van der Waals surface area contributed by atoms with Gasteiger partial charge in [0.05, 0.1) is 5.56 Å². The maximum absolute atomic E-state index is 11.8. The zero-order valence-electron chi connectivity index (χ0n) is 10.4. The molecule has 1 aromatic heterocycles. The number of hydrogen-bond acceptors (Lipinski definition) is 3. The highest BCUT2D eigenvalue weighted by atomic mass is 16.5. The van der Waals surface area contributed by atoms with Crippen LogP contribution in [-0.2, 0) is 0 Å². The van der Waals surface area contributed by atoms with E-state index in [0.29, 0.717) is 17.1 Å². The molecule has 0 aromatic carbocycles. The van der Waals surface area contributed by atoms with Crippen molar-refractivity contribution >= 4 is 0 Å². The molecule has 3 heteroatoms. The highest BCUT2D eigenvalue weighted by Crippen LogP contribution is 2.24. The molecule has 1 atom stereocenters. The third-order valence-electron chi connectivity index (χ3n) is 2.36. The van der Waals surface area contributed by atoms with E-state index in [1.54, 1.807) is 26.0 Å². The summed E-state index contributed by atoms with van der Waals surface area (Å²) in [5.74, 6) is 6.45. The molecule has 17 heavy (non-hydrogen) atoms. The molecule has 0 amide bonds. The Morgan fingerprint density at radius 1 is 1.65 bits per heavy atom. The van der Waals surface area contributed by atoms with Gasteiger partial charge >= 0.3 is 5.63 Å². The van der Waals surface area contributed by atoms with Crippen LogP contribution >= 0.6 is 0 Å². The average molecular weight is 232 g/mol. The minimum Gasteiger partial charge on any atom is -0.480 e. The van der Waals surface area contributed by atoms with Crippen LogP contribution < -0.4 is 10.4 Å². The predicted molar refractivity (Wildman–Crippen MR) is 67.3 cm³/mol. The van der Waals surface area contributed by atoms with Crippen LogP contribution in [-0.4, -0.2) is 6.61 Å². The quantitative estimate of drug-likeness (QED) is 0.591. The Morgan fingerprint density at radius 3 is 2.94 bits per heavy atom. The highest BCUT2D eigenvalue weighted by molar-refractivity contribution is 5.36. The number of aryl methyl sites for hydroxylation is 1. The second kappa shape index (κ2) is 5.95. The van der Waals surface area contributed by atoms with E-state index in [0.717, 1.165) is 0 Å². The standard InChI is InChI=1S/C14H16O3/c1-5-7-8-16-12-9-11(4)17-14(15)13(12)10(3)6-2/h6,9-10H,2,8H2,1,3-4H3. The Balaban J connectivity index is 3.18. The van der Waals surface area contributed by atoms with Gasteiger partial charge in [-0.15, -0.1) is 12.5 Å². The van der Waals surface area contributed by atoms with Crippen molar-refractivity contribution in [3.05, 3.63) is 40.5 Å². The van der Waals surface area contributed by atoms with Crippen LogP contribution in [0.2, 0.25) is 0 Å². The van der Waals surface area contributed by atoms with Crippen LogP contribution in [0.1, 0.15) is 31.1 Å². The van der Waals surface area contributed by atoms with Gasteiger partial charge in [0.2, 0.25) is 0 Å². The van der Waals surface area contributed by atoms with Gasteiger partial charge in [0, 0.05) is 12.0 Å². The van der Waals surface area contributed by atoms with Gasteiger partial charge in [0.25, 0.3) is 0 Å². The monoisotopic (exact) mass is 232 g/mol. The lowest BCUT2D eigenvalue weighted by molar-refractivity contribution is 0.351. The lowest BCUT2D eigenvalue weighted by atomic mass is 10.0. The van der Waals surface area contributed by atoms with E-state index < -0.39 is 0 Å². The Labute approximate surface area is 101 Å². The molecule has 0 saturated heterocycles. The van der Waals surface area contributed by atoms with Crippen LogP contribution in [0.25, 0.3) is 0 Å². The molecule has 0 aliphatic carbocycles. The lowest BCUT2D eigenvalue weighted by Gasteiger charge is -2.11. The second-order valence-corrected chi connectivity index (χ2v) is 3.66. The van der Waals surface area contributed by atoms with Crippen LogP contribution in [0, 0.1) is 18.8 Å². The highest BCUT2D eigenvalue weighted by Gasteiger charge is 2.16. The molecule has 90 valence electrons. The Bertz CT molecular complexity index is 514. The Kier molecular flexibility index (Phi) is 4.59. The number of rotatable bonds is 4. The first-order valence-corrected chi connectivity index (χ1v) is 5.39. The number of ether oxygens (including phenoxy) is 1. The predicted octanol–water partition coefficient (Wildman–Crippen LogP) is 2.64. The van der Waals surface area contributed by atoms with Crippen molar-refractivity contribution in [3.8, 4) is 17.6 Å². The van der Waals surface area contributed by atoms with Gasteiger partial charge in [-0.25, -0.2) is 4.79 Å². The summed E-state index contributed by atoms with van der Waals surface area (Å²) in [4.78, 5) is 11.8. The summed E-state index contributed by atoms with van der Waals surface area (Å²) in [7, 11) is 0. The summed E-state index contributed by atoms with van der Waals surface area (Å²) in [6.45, 7) is 9.25. The van der Waals surface area contributed by atoms with Crippen LogP contribution in [0.5, 0.6) is 5.75 Å². The second-order valence-electron chi connectivity index (χ2n) is 3.66. The van der Waals surface area contributed by atoms with Crippen molar-refractivity contribution in [1.29, 1.82) is 0 Å². The minimum atomic E-state index is -0.378. The fraction of sp³-hybridized carbons (Fsp3) is 0.357. The van der Waals surface area contributed by atoms with Crippen LogP contribution in [0.15, 0.2) is 27.9 Å². The van der Waals surface area contributed by atoms with Crippen LogP contribution in [0.3, 0.4) is 0 Å². The van der Waals surface area contributed by atoms with E-state index in [4.69, 9.17) is 9.15 Å². The van der Waals surface area contributed by atoms with E-state index in [9.17, 15) is 4.79 Å². The average Bonchev–Trinajstić information content (AvgIpc) is 2.28. The fourth-order valence-corrected chi connectivity index (χ4v) is 1.43. The van der Waals surface area contributed by atoms with Gasteiger partial charge in [-0.1, -0.05) is 18.9 Å². The van der Waals surface area contributed by atoms with Crippen molar-refractivity contribution in [2.24, 2.45) is 0 Å². The summed E-state index contributed by atoms with van der Waals surface area (Å²) in [5, 5.41) is 0. The maximum atomic E-state index is 11.8. The topological polar surface area (TPSA) is 39.4 Å². The Morgan fingerprint density at radius 2 is 2.35 bits per heavy atom. The third kappa shape index (κ3) is 3.25. The molecule has 1 rings (SSSR count). The number of allylic oxidation sites excluding steroid dienone is 1. The summed E-state index contributed by atoms with van der Waals surface area (Å²) in [5.41, 5.74) is 0.111. The zero-order chi connectivity index (χ0) is 12.8. The van der Waals surface area contributed by atoms with Gasteiger partial charge in [-0.3, -0.25) is 0 Å². The molecular formula is C14H16O3. The lowest BCUT2D eigenvalue weighted by Crippen LogP contribution is -2.13. The maximum Gasteiger partial charge on any atom is 0.343 e. The third-order valence-corrected chi connectivity index (χ3v) is 2.36. The first-order chi connectivity index (χ1) is 8.10. The van der Waals surface area contributed by atoms with Gasteiger partial charge in [-0.05, 0) is 13.8 Å². The Hall–Kier alpha value is -1.95. The van der Waals surface area contributed by atoms with Gasteiger partial charge < -0.3 is 9.15 Å². The molecule has 3 nitrogen and oxygen atoms in total. The van der Waals surface area contributed by atoms with Crippen molar-refractivity contribution < 1.29 is 9.15 Å². The molecule has 0 radical (unpaired) electrons. The number of hydrogen-bond donors (Lipinski definition) is 0. The molecule has 1 heterocycles. The summed E-state index contributed by atoms with van der Waals surface area (Å²) >= 11 is 0. The van der Waals surface area contributed by atoms with E-state index in [2.05, 4.69) is 18.4 Å². The smallest absolute Gasteiger partial charge is 0.343 e. The van der Waals surface area contributed by atoms with E-state index in [1.165, 1.54) is 0 Å². The SMILES string of the molecule is C=CC(C)c1c(OCC#CC)cc(C)oc1=O. The molecule has 0 N–H and O–H groups in total. The van der Waals surface area contributed by atoms with Gasteiger partial charge in [0.15, 0.2) is 0 Å². The molecule has 0 fully saturated rings. The van der Waals surface area contributed by atoms with Gasteiger partial charge in [0.1, 0.15) is 18.1 Å².